The second kappa shape index (κ2) is 2.56. The molecular weight excluding hydrogens is 120 g/mol. The van der Waals surface area contributed by atoms with Crippen LogP contribution in [-0.4, -0.2) is 23.1 Å². The van der Waals surface area contributed by atoms with Gasteiger partial charge in [0.15, 0.2) is 0 Å². The molecule has 0 aromatic carbocycles. The van der Waals surface area contributed by atoms with Gasteiger partial charge in [-0.3, -0.25) is 0 Å². The van der Waals surface area contributed by atoms with Crippen molar-refractivity contribution in [3.63, 3.8) is 0 Å². The topological polar surface area (TPSA) is 0 Å². The van der Waals surface area contributed by atoms with Crippen LogP contribution in [0.25, 0.3) is 0 Å². The van der Waals surface area contributed by atoms with Gasteiger partial charge in [0.25, 0.3) is 0 Å². The standard InChI is InChI=1S/C5H7.ClH.Mg/c1-4-2-5(1)3-4;;/h4H,1-3H2;1H;/q-1;;+2/p-1. The van der Waals surface area contributed by atoms with Crippen molar-refractivity contribution in [2.24, 2.45) is 5.92 Å². The number of rotatable bonds is 0. The first kappa shape index (κ1) is 8.06. The zero-order valence-corrected chi connectivity index (χ0v) is 6.45. The zero-order valence-electron chi connectivity index (χ0n) is 4.28. The average molecular weight is 127 g/mol. The minimum absolute atomic E-state index is 0. The van der Waals surface area contributed by atoms with Crippen LogP contribution in [0.4, 0.5) is 0 Å². The van der Waals surface area contributed by atoms with Crippen LogP contribution < -0.4 is 12.4 Å². The summed E-state index contributed by atoms with van der Waals surface area (Å²) in [5.74, 6) is 3.00. The maximum Gasteiger partial charge on any atom is 2.00 e. The minimum atomic E-state index is 0. The summed E-state index contributed by atoms with van der Waals surface area (Å²) in [6.07, 6.45) is 4.50. The fourth-order valence-electron chi connectivity index (χ4n) is 1.05. The van der Waals surface area contributed by atoms with Crippen molar-refractivity contribution in [1.82, 2.24) is 0 Å². The molecule has 0 spiro atoms. The van der Waals surface area contributed by atoms with Gasteiger partial charge in [-0.05, 0) is 0 Å². The van der Waals surface area contributed by atoms with Gasteiger partial charge in [-0.1, -0.05) is 0 Å². The molecule has 0 amide bonds. The second-order valence-corrected chi connectivity index (χ2v) is 2.23. The van der Waals surface area contributed by atoms with Gasteiger partial charge in [0.1, 0.15) is 0 Å². The summed E-state index contributed by atoms with van der Waals surface area (Å²) in [5.41, 5.74) is 0. The van der Waals surface area contributed by atoms with E-state index in [4.69, 9.17) is 0 Å². The van der Waals surface area contributed by atoms with Crippen LogP contribution in [0, 0.1) is 11.8 Å². The molecule has 3 aliphatic carbocycles. The zero-order chi connectivity index (χ0) is 3.28. The monoisotopic (exact) mass is 126 g/mol. The SMILES string of the molecule is C1[C-]2CC1C2.[Cl-].[Mg+2]. The van der Waals surface area contributed by atoms with E-state index < -0.39 is 0 Å². The molecule has 3 aliphatic rings. The predicted molar refractivity (Wildman–Crippen MR) is 26.3 cm³/mol. The molecule has 0 saturated heterocycles. The maximum absolute atomic E-state index is 1.83. The summed E-state index contributed by atoms with van der Waals surface area (Å²) >= 11 is 0. The summed E-state index contributed by atoms with van der Waals surface area (Å²) in [6, 6.07) is 0. The van der Waals surface area contributed by atoms with Crippen molar-refractivity contribution in [2.45, 2.75) is 19.3 Å². The van der Waals surface area contributed by atoms with Crippen molar-refractivity contribution < 1.29 is 12.4 Å². The van der Waals surface area contributed by atoms with Gasteiger partial charge in [-0.2, -0.15) is 19.3 Å². The Morgan fingerprint density at radius 3 is 1.29 bits per heavy atom. The van der Waals surface area contributed by atoms with Gasteiger partial charge in [-0.25, -0.2) is 0 Å². The Kier molecular flexibility index (Phi) is 2.95. The molecule has 0 radical (unpaired) electrons. The van der Waals surface area contributed by atoms with Crippen LogP contribution in [0.2, 0.25) is 0 Å². The molecule has 0 nitrogen and oxygen atoms in total. The van der Waals surface area contributed by atoms with Crippen LogP contribution in [0.5, 0.6) is 0 Å². The Balaban J connectivity index is 0.000000180. The molecule has 0 unspecified atom stereocenters. The third-order valence-corrected chi connectivity index (χ3v) is 1.73. The van der Waals surface area contributed by atoms with Gasteiger partial charge in [0.05, 0.1) is 0 Å². The quantitative estimate of drug-likeness (QED) is 0.260. The maximum atomic E-state index is 1.83. The van der Waals surface area contributed by atoms with Crippen LogP contribution in [0.3, 0.4) is 0 Å². The summed E-state index contributed by atoms with van der Waals surface area (Å²) in [7, 11) is 0. The van der Waals surface area contributed by atoms with Gasteiger partial charge < -0.3 is 18.3 Å². The van der Waals surface area contributed by atoms with E-state index >= 15 is 0 Å². The molecule has 0 aromatic rings. The minimum Gasteiger partial charge on any atom is -1.00 e. The second-order valence-electron chi connectivity index (χ2n) is 2.23. The number of halogens is 1. The van der Waals surface area contributed by atoms with Crippen molar-refractivity contribution >= 4 is 23.1 Å². The molecule has 0 aliphatic heterocycles. The molecule has 2 heteroatoms. The molecule has 0 N–H and O–H groups in total. The molecule has 36 valence electrons. The normalized spacial score (nSPS) is 25.7. The van der Waals surface area contributed by atoms with E-state index in [0.717, 1.165) is 0 Å². The van der Waals surface area contributed by atoms with E-state index in [-0.39, 0.29) is 35.5 Å². The number of hydrogen-bond donors (Lipinski definition) is 0. The third kappa shape index (κ3) is 1.06. The van der Waals surface area contributed by atoms with Gasteiger partial charge >= 0.3 is 23.1 Å². The Hall–Kier alpha value is 1.06. The molecule has 3 rings (SSSR count). The van der Waals surface area contributed by atoms with Gasteiger partial charge in [0, 0.05) is 0 Å². The fraction of sp³-hybridized carbons (Fsp3) is 0.800. The van der Waals surface area contributed by atoms with E-state index in [1.165, 1.54) is 25.2 Å². The molecular formula is C5H7ClMg. The van der Waals surface area contributed by atoms with Gasteiger partial charge in [0.2, 0.25) is 0 Å². The van der Waals surface area contributed by atoms with E-state index in [2.05, 4.69) is 0 Å². The van der Waals surface area contributed by atoms with Gasteiger partial charge in [-0.15, -0.1) is 5.92 Å². The van der Waals surface area contributed by atoms with E-state index in [1.54, 1.807) is 0 Å². The van der Waals surface area contributed by atoms with Crippen molar-refractivity contribution in [2.75, 3.05) is 0 Å². The first-order valence-corrected chi connectivity index (χ1v) is 2.29. The average Bonchev–Trinajstić information content (AvgIpc) is 0.592. The molecule has 3 saturated carbocycles. The largest absolute Gasteiger partial charge is 2.00 e. The Morgan fingerprint density at radius 1 is 1.14 bits per heavy atom. The van der Waals surface area contributed by atoms with E-state index in [0.29, 0.717) is 0 Å². The molecule has 0 atom stereocenters. The molecule has 2 bridgehead atoms. The molecule has 0 heterocycles. The molecule has 3 fully saturated rings. The summed E-state index contributed by atoms with van der Waals surface area (Å²) in [4.78, 5) is 0. The van der Waals surface area contributed by atoms with Crippen molar-refractivity contribution in [3.8, 4) is 0 Å². The van der Waals surface area contributed by atoms with Crippen LogP contribution in [0.15, 0.2) is 0 Å². The Labute approximate surface area is 66.6 Å². The first-order chi connectivity index (χ1) is 2.45. The Morgan fingerprint density at radius 2 is 1.29 bits per heavy atom. The van der Waals surface area contributed by atoms with E-state index in [1.807, 2.05) is 5.92 Å². The van der Waals surface area contributed by atoms with Crippen LogP contribution in [0.1, 0.15) is 19.3 Å². The Bertz CT molecular complexity index is 44.8. The molecule has 7 heavy (non-hydrogen) atoms. The van der Waals surface area contributed by atoms with Crippen LogP contribution in [-0.2, 0) is 0 Å². The molecule has 0 aromatic heterocycles. The van der Waals surface area contributed by atoms with Crippen LogP contribution >= 0.6 is 0 Å². The fourth-order valence-corrected chi connectivity index (χ4v) is 1.05. The first-order valence-electron chi connectivity index (χ1n) is 2.29. The summed E-state index contributed by atoms with van der Waals surface area (Å²) < 4.78 is 0. The summed E-state index contributed by atoms with van der Waals surface area (Å²) in [5, 5.41) is 0. The smallest absolute Gasteiger partial charge is 1.00 e. The summed E-state index contributed by atoms with van der Waals surface area (Å²) in [6.45, 7) is 0. The van der Waals surface area contributed by atoms with Crippen molar-refractivity contribution in [1.29, 1.82) is 0 Å². The van der Waals surface area contributed by atoms with Crippen molar-refractivity contribution in [3.05, 3.63) is 5.92 Å². The third-order valence-electron chi connectivity index (χ3n) is 1.73. The number of hydrogen-bond acceptors (Lipinski definition) is 0. The van der Waals surface area contributed by atoms with E-state index in [9.17, 15) is 0 Å². The predicted octanol–water partition coefficient (Wildman–Crippen LogP) is -2.00.